The number of pyridine rings is 1. The van der Waals surface area contributed by atoms with Gasteiger partial charge in [-0.2, -0.15) is 0 Å². The van der Waals surface area contributed by atoms with Crippen molar-refractivity contribution in [1.29, 1.82) is 0 Å². The highest BCUT2D eigenvalue weighted by Gasteiger charge is 2.23. The maximum absolute atomic E-state index is 12.9. The largest absolute Gasteiger partial charge is 0.490 e. The number of benzene rings is 2. The third kappa shape index (κ3) is 7.22. The van der Waals surface area contributed by atoms with Gasteiger partial charge in [0.15, 0.2) is 0 Å². The molecule has 4 rings (SSSR count). The summed E-state index contributed by atoms with van der Waals surface area (Å²) < 4.78 is 22.0. The first-order valence-electron chi connectivity index (χ1n) is 11.8. The van der Waals surface area contributed by atoms with Gasteiger partial charge in [0, 0.05) is 50.5 Å². The van der Waals surface area contributed by atoms with Gasteiger partial charge in [0.1, 0.15) is 23.9 Å². The summed E-state index contributed by atoms with van der Waals surface area (Å²) in [5.74, 6) is 0.996. The zero-order valence-electron chi connectivity index (χ0n) is 20.6. The molecule has 0 bridgehead atoms. The van der Waals surface area contributed by atoms with Crippen LogP contribution in [0.2, 0.25) is 5.02 Å². The molecule has 1 saturated carbocycles. The van der Waals surface area contributed by atoms with Gasteiger partial charge in [0.05, 0.1) is 35.0 Å². The standard InChI is InChI=1S/C26H29ClN4O6/c1-34-10-9-29-25(32)19-14-18-22(15-24(19)36-12-11-35-2)28-8-7-23(18)37-17-5-6-21(20(27)13-17)31-26(33)30-16-3-4-16/h5-8,13-16H,3-4,9-12H2,1-2H3,(H,29,32)(H2,30,31,33). The Hall–Kier alpha value is -3.60. The summed E-state index contributed by atoms with van der Waals surface area (Å²) in [5, 5.41) is 9.35. The second-order valence-electron chi connectivity index (χ2n) is 8.38. The first-order chi connectivity index (χ1) is 18.0. The van der Waals surface area contributed by atoms with E-state index >= 15 is 0 Å². The fourth-order valence-corrected chi connectivity index (χ4v) is 3.71. The van der Waals surface area contributed by atoms with Gasteiger partial charge in [0.2, 0.25) is 0 Å². The molecule has 0 aliphatic heterocycles. The smallest absolute Gasteiger partial charge is 0.319 e. The van der Waals surface area contributed by atoms with Crippen molar-refractivity contribution in [3.05, 3.63) is 53.2 Å². The van der Waals surface area contributed by atoms with Crippen LogP contribution >= 0.6 is 11.6 Å². The van der Waals surface area contributed by atoms with Gasteiger partial charge in [-0.05, 0) is 37.1 Å². The molecule has 1 aliphatic rings. The maximum atomic E-state index is 12.9. The van der Waals surface area contributed by atoms with Gasteiger partial charge < -0.3 is 34.9 Å². The highest BCUT2D eigenvalue weighted by atomic mass is 35.5. The molecule has 196 valence electrons. The van der Waals surface area contributed by atoms with Crippen LogP contribution < -0.4 is 25.4 Å². The Morgan fingerprint density at radius 2 is 1.84 bits per heavy atom. The molecule has 0 unspecified atom stereocenters. The van der Waals surface area contributed by atoms with Crippen molar-refractivity contribution in [3.8, 4) is 17.2 Å². The number of rotatable bonds is 12. The lowest BCUT2D eigenvalue weighted by Gasteiger charge is -2.15. The molecule has 1 aromatic heterocycles. The summed E-state index contributed by atoms with van der Waals surface area (Å²) in [4.78, 5) is 29.4. The Balaban J connectivity index is 1.58. The van der Waals surface area contributed by atoms with Crippen molar-refractivity contribution in [2.45, 2.75) is 18.9 Å². The Morgan fingerprint density at radius 3 is 2.57 bits per heavy atom. The molecular formula is C26H29ClN4O6. The first kappa shape index (κ1) is 26.5. The van der Waals surface area contributed by atoms with Crippen molar-refractivity contribution in [2.75, 3.05) is 45.9 Å². The van der Waals surface area contributed by atoms with Crippen LogP contribution in [0.25, 0.3) is 10.9 Å². The topological polar surface area (TPSA) is 120 Å². The molecule has 1 aliphatic carbocycles. The molecule has 11 heteroatoms. The summed E-state index contributed by atoms with van der Waals surface area (Å²) in [6, 6.07) is 10.0. The van der Waals surface area contributed by atoms with Gasteiger partial charge >= 0.3 is 6.03 Å². The lowest BCUT2D eigenvalue weighted by molar-refractivity contribution is 0.0929. The highest BCUT2D eigenvalue weighted by molar-refractivity contribution is 6.33. The minimum Gasteiger partial charge on any atom is -0.490 e. The van der Waals surface area contributed by atoms with Gasteiger partial charge in [0.25, 0.3) is 5.91 Å². The van der Waals surface area contributed by atoms with Crippen LogP contribution in [0.4, 0.5) is 10.5 Å². The Morgan fingerprint density at radius 1 is 1.03 bits per heavy atom. The normalized spacial score (nSPS) is 12.7. The van der Waals surface area contributed by atoms with Crippen molar-refractivity contribution < 1.29 is 28.5 Å². The number of methoxy groups -OCH3 is 2. The van der Waals surface area contributed by atoms with E-state index in [1.54, 1.807) is 56.8 Å². The molecule has 0 atom stereocenters. The van der Waals surface area contributed by atoms with Crippen LogP contribution in [0, 0.1) is 0 Å². The minimum atomic E-state index is -0.316. The van der Waals surface area contributed by atoms with Crippen LogP contribution in [-0.2, 0) is 9.47 Å². The lowest BCUT2D eigenvalue weighted by Crippen LogP contribution is -2.30. The number of hydrogen-bond donors (Lipinski definition) is 3. The van der Waals surface area contributed by atoms with E-state index < -0.39 is 0 Å². The van der Waals surface area contributed by atoms with Crippen LogP contribution in [0.1, 0.15) is 23.2 Å². The van der Waals surface area contributed by atoms with E-state index in [0.717, 1.165) is 12.8 Å². The molecule has 3 aromatic rings. The molecule has 2 aromatic carbocycles. The number of nitrogens with one attached hydrogen (secondary N) is 3. The molecule has 0 radical (unpaired) electrons. The molecule has 37 heavy (non-hydrogen) atoms. The van der Waals surface area contributed by atoms with Crippen molar-refractivity contribution in [3.63, 3.8) is 0 Å². The molecule has 0 spiro atoms. The van der Waals surface area contributed by atoms with E-state index in [1.165, 1.54) is 0 Å². The van der Waals surface area contributed by atoms with Crippen LogP contribution in [0.15, 0.2) is 42.6 Å². The van der Waals surface area contributed by atoms with Gasteiger partial charge in [-0.1, -0.05) is 11.6 Å². The average Bonchev–Trinajstić information content (AvgIpc) is 3.69. The number of nitrogens with zero attached hydrogens (tertiary/aromatic N) is 1. The monoisotopic (exact) mass is 528 g/mol. The van der Waals surface area contributed by atoms with E-state index in [1.807, 2.05) is 0 Å². The second-order valence-corrected chi connectivity index (χ2v) is 8.79. The SMILES string of the molecule is COCCNC(=O)c1cc2c(Oc3ccc(NC(=O)NC4CC4)c(Cl)c3)ccnc2cc1OCCOC. The Kier molecular flexibility index (Phi) is 8.99. The number of carbonyl (C=O) groups is 2. The Bertz CT molecular complexity index is 1270. The van der Waals surface area contributed by atoms with E-state index in [9.17, 15) is 9.59 Å². The first-order valence-corrected chi connectivity index (χ1v) is 12.2. The van der Waals surface area contributed by atoms with E-state index in [4.69, 9.17) is 30.5 Å². The molecule has 1 fully saturated rings. The zero-order chi connectivity index (χ0) is 26.2. The fourth-order valence-electron chi connectivity index (χ4n) is 3.49. The third-order valence-corrected chi connectivity index (χ3v) is 5.83. The summed E-state index contributed by atoms with van der Waals surface area (Å²) >= 11 is 6.39. The molecule has 0 saturated heterocycles. The van der Waals surface area contributed by atoms with E-state index in [2.05, 4.69) is 20.9 Å². The number of hydrogen-bond acceptors (Lipinski definition) is 7. The quantitative estimate of drug-likeness (QED) is 0.299. The number of aromatic nitrogens is 1. The predicted octanol–water partition coefficient (Wildman–Crippen LogP) is 4.37. The maximum Gasteiger partial charge on any atom is 0.319 e. The number of urea groups is 1. The average molecular weight is 529 g/mol. The van der Waals surface area contributed by atoms with Crippen LogP contribution in [0.5, 0.6) is 17.2 Å². The summed E-state index contributed by atoms with van der Waals surface area (Å²) in [6.07, 6.45) is 3.59. The summed E-state index contributed by atoms with van der Waals surface area (Å²) in [5.41, 5.74) is 1.39. The predicted molar refractivity (Wildman–Crippen MR) is 140 cm³/mol. The van der Waals surface area contributed by atoms with E-state index in [-0.39, 0.29) is 24.6 Å². The van der Waals surface area contributed by atoms with E-state index in [0.29, 0.717) is 64.2 Å². The van der Waals surface area contributed by atoms with Gasteiger partial charge in [-0.25, -0.2) is 4.79 Å². The number of ether oxygens (including phenoxy) is 4. The number of anilines is 1. The molecule has 3 amide bonds. The molecular weight excluding hydrogens is 500 g/mol. The van der Waals surface area contributed by atoms with Gasteiger partial charge in [-0.15, -0.1) is 0 Å². The second kappa shape index (κ2) is 12.6. The third-order valence-electron chi connectivity index (χ3n) is 5.51. The van der Waals surface area contributed by atoms with Crippen molar-refractivity contribution in [2.24, 2.45) is 0 Å². The van der Waals surface area contributed by atoms with Crippen LogP contribution in [0.3, 0.4) is 0 Å². The van der Waals surface area contributed by atoms with Crippen LogP contribution in [-0.4, -0.2) is 63.5 Å². The summed E-state index contributed by atoms with van der Waals surface area (Å²) in [7, 11) is 3.14. The molecule has 1 heterocycles. The minimum absolute atomic E-state index is 0.235. The number of amides is 3. The van der Waals surface area contributed by atoms with Gasteiger partial charge in [-0.3, -0.25) is 9.78 Å². The Labute approximate surface area is 219 Å². The number of fused-ring (bicyclic) bond motifs is 1. The lowest BCUT2D eigenvalue weighted by atomic mass is 10.1. The number of halogens is 1. The molecule has 10 nitrogen and oxygen atoms in total. The molecule has 3 N–H and O–H groups in total. The van der Waals surface area contributed by atoms with Crippen molar-refractivity contribution >= 4 is 40.1 Å². The summed E-state index contributed by atoms with van der Waals surface area (Å²) in [6.45, 7) is 1.36. The highest BCUT2D eigenvalue weighted by Crippen LogP contribution is 2.35. The zero-order valence-corrected chi connectivity index (χ0v) is 21.4. The number of carbonyl (C=O) groups excluding carboxylic acids is 2. The van der Waals surface area contributed by atoms with Crippen molar-refractivity contribution in [1.82, 2.24) is 15.6 Å². The fraction of sp³-hybridized carbons (Fsp3) is 0.346.